The predicted octanol–water partition coefficient (Wildman–Crippen LogP) is 2.39. The number of methoxy groups -OCH3 is 1. The fourth-order valence-electron chi connectivity index (χ4n) is 8.81. The molecule has 0 radical (unpaired) electrons. The van der Waals surface area contributed by atoms with E-state index in [1.807, 2.05) is 0 Å². The quantitative estimate of drug-likeness (QED) is 0.0692. The minimum Gasteiger partial charge on any atom is -0.467 e. The van der Waals surface area contributed by atoms with Gasteiger partial charge in [0.1, 0.15) is 49.8 Å². The highest BCUT2D eigenvalue weighted by molar-refractivity contribution is 8.01. The Morgan fingerprint density at radius 1 is 0.720 bits per heavy atom. The number of thioether (sulfide) groups is 1. The van der Waals surface area contributed by atoms with Crippen LogP contribution < -0.4 is 5.32 Å². The molecule has 75 heavy (non-hydrogen) atoms. The number of imide groups is 1. The van der Waals surface area contributed by atoms with E-state index in [0.29, 0.717) is 4.90 Å². The van der Waals surface area contributed by atoms with Crippen molar-refractivity contribution in [3.05, 3.63) is 81.0 Å². The van der Waals surface area contributed by atoms with Crippen molar-refractivity contribution in [2.45, 2.75) is 144 Å². The summed E-state index contributed by atoms with van der Waals surface area (Å²) in [5.41, 5.74) is -2.93. The number of esters is 6. The molecule has 2 fully saturated rings. The molecule has 24 heteroatoms. The molecule has 13 atom stereocenters. The third kappa shape index (κ3) is 16.9. The Labute approximate surface area is 439 Å². The van der Waals surface area contributed by atoms with Crippen LogP contribution in [0.2, 0.25) is 0 Å². The highest BCUT2D eigenvalue weighted by Crippen LogP contribution is 2.48. The van der Waals surface area contributed by atoms with Gasteiger partial charge in [-0.3, -0.25) is 38.5 Å². The first-order valence-corrected chi connectivity index (χ1v) is 24.3. The Balaban J connectivity index is 2.63. The van der Waals surface area contributed by atoms with E-state index in [0.717, 1.165) is 72.2 Å². The fourth-order valence-corrected chi connectivity index (χ4v) is 10.0. The molecule has 3 amide bonds. The summed E-state index contributed by atoms with van der Waals surface area (Å²) in [6.07, 6.45) is -13.3. The smallest absolute Gasteiger partial charge is 0.349 e. The number of carbonyl (C=O) groups is 9. The Hall–Kier alpha value is -6.28. The summed E-state index contributed by atoms with van der Waals surface area (Å²) in [5.74, 6) is -8.78. The van der Waals surface area contributed by atoms with Crippen LogP contribution in [0.25, 0.3) is 0 Å². The number of hydrogen-bond acceptors (Lipinski definition) is 22. The van der Waals surface area contributed by atoms with Gasteiger partial charge in [0.2, 0.25) is 22.7 Å². The molecule has 2 aliphatic heterocycles. The summed E-state index contributed by atoms with van der Waals surface area (Å²) in [6, 6.07) is 5.24. The van der Waals surface area contributed by atoms with Crippen molar-refractivity contribution < 1.29 is 100 Å². The van der Waals surface area contributed by atoms with Gasteiger partial charge < -0.3 is 62.5 Å². The number of amides is 3. The standard InChI is InChI=1S/C51H68N2O21S/c1-13-22-65-38-27-51(49(63)68-25-16-4,75-36-20-18-17-19-21-36)74-44(41(38)53(30(6)55)31(7)56)45(66-23-14-2)46(67-24-15-3)47(61)50(48(62)64-12)26-37(70-33(9)58)40(52-29(5)54)43(73-50)42(72-35(11)60)39(71-34(10)59)28-69-32(8)57/h13-21,37-47,61H,1-4,22-28H2,5-12H3,(H,52,54)/t37-,38-,39+,40+,41+,42+,43+,44+,45-,46-,47-,50-,51-/m0/s1. The first kappa shape index (κ1) is 63.0. The van der Waals surface area contributed by atoms with Crippen molar-refractivity contribution in [3.8, 4) is 0 Å². The van der Waals surface area contributed by atoms with Crippen LogP contribution >= 0.6 is 11.8 Å². The fraction of sp³-hybridized carbons (Fsp3) is 0.549. The second-order valence-electron chi connectivity index (χ2n) is 17.1. The van der Waals surface area contributed by atoms with Crippen LogP contribution in [0.5, 0.6) is 0 Å². The molecule has 0 spiro atoms. The zero-order valence-electron chi connectivity index (χ0n) is 43.3. The summed E-state index contributed by atoms with van der Waals surface area (Å²) >= 11 is 0.878. The summed E-state index contributed by atoms with van der Waals surface area (Å²) in [5, 5.41) is 16.0. The molecule has 2 heterocycles. The van der Waals surface area contributed by atoms with Gasteiger partial charge in [-0.1, -0.05) is 60.8 Å². The van der Waals surface area contributed by atoms with Crippen LogP contribution in [0, 0.1) is 0 Å². The Kier molecular flexibility index (Phi) is 25.0. The molecular formula is C51H68N2O21S. The predicted molar refractivity (Wildman–Crippen MR) is 264 cm³/mol. The number of nitrogens with zero attached hydrogens (tertiary/aromatic N) is 1. The minimum absolute atomic E-state index is 0.217. The van der Waals surface area contributed by atoms with E-state index < -0.39 is 164 Å². The lowest BCUT2D eigenvalue weighted by Crippen LogP contribution is -2.74. The lowest BCUT2D eigenvalue weighted by molar-refractivity contribution is -0.284. The van der Waals surface area contributed by atoms with Gasteiger partial charge in [-0.25, -0.2) is 9.59 Å². The molecule has 414 valence electrons. The van der Waals surface area contributed by atoms with Crippen molar-refractivity contribution >= 4 is 65.3 Å². The van der Waals surface area contributed by atoms with Gasteiger partial charge in [-0.15, -0.1) is 19.7 Å². The largest absolute Gasteiger partial charge is 0.467 e. The van der Waals surface area contributed by atoms with Gasteiger partial charge in [0, 0.05) is 66.2 Å². The number of rotatable bonds is 28. The minimum atomic E-state index is -2.93. The monoisotopic (exact) mass is 1080 g/mol. The molecule has 0 aromatic heterocycles. The third-order valence-electron chi connectivity index (χ3n) is 11.4. The Bertz CT molecular complexity index is 2210. The van der Waals surface area contributed by atoms with Crippen LogP contribution in [0.3, 0.4) is 0 Å². The lowest BCUT2D eigenvalue weighted by Gasteiger charge is -2.54. The van der Waals surface area contributed by atoms with Gasteiger partial charge in [0.25, 0.3) is 0 Å². The normalized spacial score (nSPS) is 25.1. The summed E-state index contributed by atoms with van der Waals surface area (Å²) < 4.78 is 66.1. The van der Waals surface area contributed by atoms with Crippen molar-refractivity contribution in [1.82, 2.24) is 10.2 Å². The van der Waals surface area contributed by atoms with E-state index in [1.54, 1.807) is 30.3 Å². The topological polar surface area (TPSA) is 291 Å². The molecule has 2 saturated heterocycles. The highest BCUT2D eigenvalue weighted by atomic mass is 32.2. The number of benzene rings is 1. The van der Waals surface area contributed by atoms with Crippen LogP contribution in [-0.4, -0.2) is 181 Å². The van der Waals surface area contributed by atoms with Crippen LogP contribution in [-0.2, 0) is 95.3 Å². The average Bonchev–Trinajstić information content (AvgIpc) is 3.34. The average molecular weight is 1080 g/mol. The first-order valence-electron chi connectivity index (χ1n) is 23.5. The van der Waals surface area contributed by atoms with Gasteiger partial charge in [-0.2, -0.15) is 0 Å². The SMILES string of the molecule is C=CCOC(=O)[C@@]1(Sc2ccccc2)C[C@H](OCC=C)[C@@H](N(C(C)=O)C(C)=O)[C@H]([C@H](OCC=C)[C@H](OCC=C)[C@H](O)[C@]2(C(=O)OC)C[C@H](OC(C)=O)[C@@H](NC(C)=O)[C@H]([C@H](OC(C)=O)[C@@H](COC(C)=O)OC(C)=O)O2)O1. The van der Waals surface area contributed by atoms with E-state index in [9.17, 15) is 48.3 Å². The number of nitrogens with one attached hydrogen (secondary N) is 1. The molecule has 1 aromatic rings. The van der Waals surface area contributed by atoms with Crippen molar-refractivity contribution in [2.24, 2.45) is 0 Å². The van der Waals surface area contributed by atoms with E-state index in [4.69, 9.17) is 52.1 Å². The third-order valence-corrected chi connectivity index (χ3v) is 12.7. The maximum atomic E-state index is 14.9. The number of ether oxygens (including phenoxy) is 11. The van der Waals surface area contributed by atoms with Crippen molar-refractivity contribution in [2.75, 3.05) is 40.1 Å². The van der Waals surface area contributed by atoms with E-state index in [2.05, 4.69) is 31.6 Å². The Morgan fingerprint density at radius 2 is 1.32 bits per heavy atom. The summed E-state index contributed by atoms with van der Waals surface area (Å²) in [4.78, 5) is 120. The van der Waals surface area contributed by atoms with Crippen molar-refractivity contribution in [3.63, 3.8) is 0 Å². The van der Waals surface area contributed by atoms with E-state index in [-0.39, 0.29) is 13.2 Å². The van der Waals surface area contributed by atoms with Crippen LogP contribution in [0.4, 0.5) is 0 Å². The number of aliphatic hydroxyl groups is 1. The molecule has 0 saturated carbocycles. The van der Waals surface area contributed by atoms with Gasteiger partial charge in [0.15, 0.2) is 17.8 Å². The molecule has 3 rings (SSSR count). The summed E-state index contributed by atoms with van der Waals surface area (Å²) in [7, 11) is 0.913. The van der Waals surface area contributed by atoms with E-state index in [1.165, 1.54) is 24.3 Å². The number of aliphatic hydroxyl groups excluding tert-OH is 1. The maximum absolute atomic E-state index is 14.9. The second-order valence-corrected chi connectivity index (χ2v) is 18.4. The van der Waals surface area contributed by atoms with Crippen LogP contribution in [0.15, 0.2) is 85.8 Å². The van der Waals surface area contributed by atoms with E-state index >= 15 is 0 Å². The molecule has 2 aliphatic rings. The second kappa shape index (κ2) is 29.7. The zero-order chi connectivity index (χ0) is 56.2. The molecule has 0 bridgehead atoms. The Morgan fingerprint density at radius 3 is 1.84 bits per heavy atom. The highest BCUT2D eigenvalue weighted by Gasteiger charge is 2.66. The maximum Gasteiger partial charge on any atom is 0.349 e. The molecule has 23 nitrogen and oxygen atoms in total. The van der Waals surface area contributed by atoms with Crippen LogP contribution in [0.1, 0.15) is 61.3 Å². The number of hydrogen-bond donors (Lipinski definition) is 2. The molecule has 0 unspecified atom stereocenters. The van der Waals surface area contributed by atoms with Gasteiger partial charge in [0.05, 0.1) is 45.1 Å². The van der Waals surface area contributed by atoms with Gasteiger partial charge in [-0.05, 0) is 12.1 Å². The van der Waals surface area contributed by atoms with Gasteiger partial charge >= 0.3 is 35.8 Å². The number of carbonyl (C=O) groups excluding carboxylic acids is 9. The summed E-state index contributed by atoms with van der Waals surface area (Å²) in [6.45, 7) is 19.9. The molecule has 1 aromatic carbocycles. The first-order chi connectivity index (χ1) is 35.5. The molecular weight excluding hydrogens is 1010 g/mol. The molecule has 0 aliphatic carbocycles. The zero-order valence-corrected chi connectivity index (χ0v) is 44.1. The lowest BCUT2D eigenvalue weighted by atomic mass is 9.76. The molecule has 2 N–H and O–H groups in total. The van der Waals surface area contributed by atoms with Crippen molar-refractivity contribution in [1.29, 1.82) is 0 Å².